The number of fused-ring (bicyclic) bond motifs is 5. The molecule has 4 rings (SSSR count). The number of hydrogen-bond acceptors (Lipinski definition) is 1. The molecule has 4 aliphatic carbocycles. The Morgan fingerprint density at radius 1 is 1.00 bits per heavy atom. The van der Waals surface area contributed by atoms with Crippen molar-refractivity contribution in [1.29, 1.82) is 0 Å². The Kier molecular flexibility index (Phi) is 4.77. The monoisotopic (exact) mass is 384 g/mol. The van der Waals surface area contributed by atoms with Crippen LogP contribution in [-0.4, -0.2) is 16.9 Å². The average Bonchev–Trinajstić information content (AvgIpc) is 2.97. The molecular formula is C23H35F3O. The highest BCUT2D eigenvalue weighted by molar-refractivity contribution is 5.09. The van der Waals surface area contributed by atoms with E-state index < -0.39 is 11.8 Å². The Morgan fingerprint density at radius 3 is 2.37 bits per heavy atom. The van der Waals surface area contributed by atoms with Gasteiger partial charge in [0.15, 0.2) is 5.60 Å². The fourth-order valence-electron chi connectivity index (χ4n) is 8.20. The van der Waals surface area contributed by atoms with Crippen LogP contribution in [0.2, 0.25) is 0 Å². The molecule has 0 saturated heterocycles. The Labute approximate surface area is 161 Å². The Balaban J connectivity index is 1.52. The van der Waals surface area contributed by atoms with Gasteiger partial charge in [-0.2, -0.15) is 13.2 Å². The number of alkyl halides is 3. The zero-order chi connectivity index (χ0) is 19.6. The van der Waals surface area contributed by atoms with Crippen LogP contribution < -0.4 is 0 Å². The van der Waals surface area contributed by atoms with Crippen LogP contribution in [-0.2, 0) is 0 Å². The van der Waals surface area contributed by atoms with Gasteiger partial charge in [-0.3, -0.25) is 0 Å². The largest absolute Gasteiger partial charge is 0.417 e. The van der Waals surface area contributed by atoms with Gasteiger partial charge in [-0.05, 0) is 105 Å². The van der Waals surface area contributed by atoms with Crippen molar-refractivity contribution in [3.05, 3.63) is 12.7 Å². The number of halogens is 3. The molecule has 0 aromatic carbocycles. The number of allylic oxidation sites excluding steroid dienone is 1. The third kappa shape index (κ3) is 2.91. The molecule has 0 aliphatic heterocycles. The lowest BCUT2D eigenvalue weighted by Gasteiger charge is -2.57. The normalized spacial score (nSPS) is 51.0. The van der Waals surface area contributed by atoms with Crippen LogP contribution in [0.4, 0.5) is 13.2 Å². The highest BCUT2D eigenvalue weighted by Crippen LogP contribution is 2.66. The third-order valence-electron chi connectivity index (χ3n) is 9.62. The SMILES string of the molecule is C=C[C@@H](C)[C@H]1CC[C@H]2[C@@H]3CC[C@@H]4C[C@@](O)(C(F)(F)F)CC[C@@H]4[C@H]3CC[C@]12C. The zero-order valence-electron chi connectivity index (χ0n) is 16.8. The highest BCUT2D eigenvalue weighted by Gasteiger charge is 2.61. The van der Waals surface area contributed by atoms with Crippen molar-refractivity contribution in [2.45, 2.75) is 83.4 Å². The number of hydrogen-bond donors (Lipinski definition) is 1. The molecule has 0 unspecified atom stereocenters. The van der Waals surface area contributed by atoms with Gasteiger partial charge in [0, 0.05) is 0 Å². The first-order valence-electron chi connectivity index (χ1n) is 11.0. The predicted molar refractivity (Wildman–Crippen MR) is 101 cm³/mol. The maximum absolute atomic E-state index is 13.3. The van der Waals surface area contributed by atoms with E-state index in [1.54, 1.807) is 0 Å². The van der Waals surface area contributed by atoms with E-state index >= 15 is 0 Å². The standard InChI is InChI=1S/C23H35F3O/c1-4-14(2)19-7-8-20-18-6-5-15-13-22(27,23(24,25)26)12-10-16(15)17(18)9-11-21(19,20)3/h4,14-20,27H,1,5-13H2,2-3H3/t14-,15-,16+,17-,18-,19-,20+,21-,22-/m1/s1. The summed E-state index contributed by atoms with van der Waals surface area (Å²) in [5.41, 5.74) is -2.06. The summed E-state index contributed by atoms with van der Waals surface area (Å²) in [5.74, 6) is 3.70. The molecule has 0 heterocycles. The first kappa shape index (κ1) is 19.8. The second-order valence-corrected chi connectivity index (χ2v) is 10.5. The van der Waals surface area contributed by atoms with E-state index in [-0.39, 0.29) is 18.8 Å². The van der Waals surface area contributed by atoms with E-state index in [2.05, 4.69) is 26.5 Å². The van der Waals surface area contributed by atoms with E-state index in [4.69, 9.17) is 0 Å². The molecule has 9 atom stereocenters. The molecule has 4 saturated carbocycles. The Bertz CT molecular complexity index is 587. The van der Waals surface area contributed by atoms with Crippen LogP contribution in [0.3, 0.4) is 0 Å². The lowest BCUT2D eigenvalue weighted by atomic mass is 9.48. The van der Waals surface area contributed by atoms with E-state index in [1.807, 2.05) is 0 Å². The molecular weight excluding hydrogens is 349 g/mol. The first-order chi connectivity index (χ1) is 12.6. The summed E-state index contributed by atoms with van der Waals surface area (Å²) >= 11 is 0. The van der Waals surface area contributed by atoms with Crippen molar-refractivity contribution >= 4 is 0 Å². The second-order valence-electron chi connectivity index (χ2n) is 10.5. The summed E-state index contributed by atoms with van der Waals surface area (Å²) in [6.07, 6.45) is 4.90. The van der Waals surface area contributed by atoms with Crippen LogP contribution in [0.1, 0.15) is 71.6 Å². The van der Waals surface area contributed by atoms with Gasteiger partial charge < -0.3 is 5.11 Å². The minimum absolute atomic E-state index is 0.0558. The van der Waals surface area contributed by atoms with Crippen molar-refractivity contribution < 1.29 is 18.3 Å². The van der Waals surface area contributed by atoms with E-state index in [0.717, 1.165) is 18.8 Å². The Hall–Kier alpha value is -0.510. The first-order valence-corrected chi connectivity index (χ1v) is 11.0. The van der Waals surface area contributed by atoms with Gasteiger partial charge in [-0.25, -0.2) is 0 Å². The molecule has 0 radical (unpaired) electrons. The van der Waals surface area contributed by atoms with E-state index in [1.165, 1.54) is 25.7 Å². The maximum atomic E-state index is 13.3. The predicted octanol–water partition coefficient (Wildman–Crippen LogP) is 6.37. The van der Waals surface area contributed by atoms with Crippen molar-refractivity contribution in [3.8, 4) is 0 Å². The van der Waals surface area contributed by atoms with Gasteiger partial charge in [0.2, 0.25) is 0 Å². The number of rotatable bonds is 2. The second kappa shape index (κ2) is 6.50. The summed E-state index contributed by atoms with van der Waals surface area (Å²) in [6.45, 7) is 8.81. The molecule has 0 spiro atoms. The van der Waals surface area contributed by atoms with Gasteiger partial charge in [0.1, 0.15) is 0 Å². The molecule has 0 amide bonds. The molecule has 4 heteroatoms. The van der Waals surface area contributed by atoms with Crippen LogP contribution in [0.25, 0.3) is 0 Å². The molecule has 1 nitrogen and oxygen atoms in total. The minimum Gasteiger partial charge on any atom is -0.380 e. The van der Waals surface area contributed by atoms with E-state index in [0.29, 0.717) is 41.4 Å². The molecule has 1 N–H and O–H groups in total. The minimum atomic E-state index is -4.49. The maximum Gasteiger partial charge on any atom is 0.417 e. The lowest BCUT2D eigenvalue weighted by molar-refractivity contribution is -0.282. The van der Waals surface area contributed by atoms with Gasteiger partial charge >= 0.3 is 6.18 Å². The van der Waals surface area contributed by atoms with Crippen LogP contribution >= 0.6 is 0 Å². The molecule has 0 bridgehead atoms. The van der Waals surface area contributed by atoms with Gasteiger partial charge in [-0.1, -0.05) is 19.9 Å². The van der Waals surface area contributed by atoms with Crippen molar-refractivity contribution in [2.24, 2.45) is 46.8 Å². The van der Waals surface area contributed by atoms with Crippen LogP contribution in [0, 0.1) is 46.8 Å². The fourth-order valence-corrected chi connectivity index (χ4v) is 8.20. The van der Waals surface area contributed by atoms with Gasteiger partial charge in [0.05, 0.1) is 0 Å². The summed E-state index contributed by atoms with van der Waals surface area (Å²) in [4.78, 5) is 0. The Morgan fingerprint density at radius 2 is 1.70 bits per heavy atom. The molecule has 4 aliphatic rings. The lowest BCUT2D eigenvalue weighted by Crippen LogP contribution is -2.55. The third-order valence-corrected chi connectivity index (χ3v) is 9.62. The smallest absolute Gasteiger partial charge is 0.380 e. The zero-order valence-corrected chi connectivity index (χ0v) is 16.8. The molecule has 0 aromatic heterocycles. The molecule has 154 valence electrons. The van der Waals surface area contributed by atoms with Crippen molar-refractivity contribution in [3.63, 3.8) is 0 Å². The van der Waals surface area contributed by atoms with Gasteiger partial charge in [0.25, 0.3) is 0 Å². The van der Waals surface area contributed by atoms with Crippen LogP contribution in [0.5, 0.6) is 0 Å². The average molecular weight is 385 g/mol. The summed E-state index contributed by atoms with van der Waals surface area (Å²) in [6, 6.07) is 0. The quantitative estimate of drug-likeness (QED) is 0.548. The summed E-state index contributed by atoms with van der Waals surface area (Å²) in [7, 11) is 0. The summed E-state index contributed by atoms with van der Waals surface area (Å²) < 4.78 is 40.0. The van der Waals surface area contributed by atoms with Gasteiger partial charge in [-0.15, -0.1) is 6.58 Å². The highest BCUT2D eigenvalue weighted by atomic mass is 19.4. The van der Waals surface area contributed by atoms with Crippen molar-refractivity contribution in [2.75, 3.05) is 0 Å². The number of aliphatic hydroxyl groups is 1. The summed E-state index contributed by atoms with van der Waals surface area (Å²) in [5, 5.41) is 10.2. The molecule has 0 aromatic rings. The molecule has 27 heavy (non-hydrogen) atoms. The fraction of sp³-hybridized carbons (Fsp3) is 0.913. The topological polar surface area (TPSA) is 20.2 Å². The van der Waals surface area contributed by atoms with E-state index in [9.17, 15) is 18.3 Å². The molecule has 4 fully saturated rings. The van der Waals surface area contributed by atoms with Crippen molar-refractivity contribution in [1.82, 2.24) is 0 Å². The van der Waals surface area contributed by atoms with Crippen LogP contribution in [0.15, 0.2) is 12.7 Å².